The molecule has 0 aromatic carbocycles. The fraction of sp³-hybridized carbons (Fsp3) is 0.700. The Bertz CT molecular complexity index is 189. The zero-order valence-corrected chi connectivity index (χ0v) is 7.99. The van der Waals surface area contributed by atoms with Gasteiger partial charge in [0.05, 0.1) is 25.7 Å². The fourth-order valence-electron chi connectivity index (χ4n) is 1.27. The molecule has 74 valence electrons. The molecule has 1 fully saturated rings. The summed E-state index contributed by atoms with van der Waals surface area (Å²) in [6, 6.07) is 0. The minimum Gasteiger partial charge on any atom is -0.466 e. The van der Waals surface area contributed by atoms with E-state index in [1.807, 2.05) is 6.92 Å². The molecule has 0 saturated heterocycles. The number of ether oxygens (including phenoxy) is 2. The van der Waals surface area contributed by atoms with Crippen molar-refractivity contribution in [3.8, 4) is 0 Å². The third-order valence-corrected chi connectivity index (χ3v) is 2.08. The molecule has 1 aliphatic rings. The van der Waals surface area contributed by atoms with Crippen molar-refractivity contribution >= 4 is 5.97 Å². The highest BCUT2D eigenvalue weighted by molar-refractivity contribution is 5.75. The number of carbonyl (C=O) groups excluding carboxylic acids is 1. The third-order valence-electron chi connectivity index (χ3n) is 2.08. The number of carbonyl (C=O) groups is 1. The van der Waals surface area contributed by atoms with Crippen LogP contribution in [0, 0.1) is 11.8 Å². The second-order valence-electron chi connectivity index (χ2n) is 3.18. The zero-order chi connectivity index (χ0) is 9.68. The minimum atomic E-state index is -0.0743. The van der Waals surface area contributed by atoms with Gasteiger partial charge in [-0.2, -0.15) is 0 Å². The molecule has 0 amide bonds. The van der Waals surface area contributed by atoms with Crippen LogP contribution in [0.1, 0.15) is 13.3 Å². The second-order valence-corrected chi connectivity index (χ2v) is 3.18. The van der Waals surface area contributed by atoms with Gasteiger partial charge in [0, 0.05) is 0 Å². The molecule has 0 N–H and O–H groups in total. The lowest BCUT2D eigenvalue weighted by molar-refractivity contribution is -0.145. The Morgan fingerprint density at radius 2 is 2.46 bits per heavy atom. The minimum absolute atomic E-state index is 0.0743. The van der Waals surface area contributed by atoms with Crippen LogP contribution >= 0.6 is 0 Å². The van der Waals surface area contributed by atoms with Gasteiger partial charge in [-0.1, -0.05) is 6.08 Å². The van der Waals surface area contributed by atoms with Crippen molar-refractivity contribution in [1.82, 2.24) is 0 Å². The quantitative estimate of drug-likeness (QED) is 0.355. The lowest BCUT2D eigenvalue weighted by Crippen LogP contribution is -2.09. The number of hydrogen-bond donors (Lipinski definition) is 0. The maximum Gasteiger partial charge on any atom is 0.309 e. The van der Waals surface area contributed by atoms with Gasteiger partial charge in [-0.25, -0.2) is 0 Å². The third kappa shape index (κ3) is 3.19. The summed E-state index contributed by atoms with van der Waals surface area (Å²) in [5, 5.41) is 0. The van der Waals surface area contributed by atoms with Crippen molar-refractivity contribution in [2.45, 2.75) is 13.3 Å². The van der Waals surface area contributed by atoms with E-state index in [2.05, 4.69) is 6.58 Å². The van der Waals surface area contributed by atoms with Gasteiger partial charge in [0.1, 0.15) is 0 Å². The van der Waals surface area contributed by atoms with Gasteiger partial charge in [-0.3, -0.25) is 4.79 Å². The number of esters is 1. The molecule has 0 aromatic heterocycles. The van der Waals surface area contributed by atoms with E-state index >= 15 is 0 Å². The second kappa shape index (κ2) is 5.02. The van der Waals surface area contributed by atoms with Gasteiger partial charge in [-0.15, -0.1) is 6.58 Å². The Labute approximate surface area is 78.7 Å². The fourth-order valence-corrected chi connectivity index (χ4v) is 1.27. The molecule has 1 rings (SSSR count). The lowest BCUT2D eigenvalue weighted by atomic mass is 10.3. The van der Waals surface area contributed by atoms with Crippen molar-refractivity contribution in [2.75, 3.05) is 19.8 Å². The van der Waals surface area contributed by atoms with Crippen LogP contribution in [0.25, 0.3) is 0 Å². The summed E-state index contributed by atoms with van der Waals surface area (Å²) in [4.78, 5) is 11.2. The van der Waals surface area contributed by atoms with Crippen LogP contribution < -0.4 is 0 Å². The van der Waals surface area contributed by atoms with Gasteiger partial charge in [0.15, 0.2) is 0 Å². The molecular weight excluding hydrogens is 168 g/mol. The Kier molecular flexibility index (Phi) is 3.96. The van der Waals surface area contributed by atoms with E-state index in [1.165, 1.54) is 0 Å². The Hall–Kier alpha value is -0.830. The van der Waals surface area contributed by atoms with Crippen molar-refractivity contribution < 1.29 is 14.3 Å². The first-order chi connectivity index (χ1) is 6.29. The number of hydrogen-bond acceptors (Lipinski definition) is 3. The van der Waals surface area contributed by atoms with E-state index in [-0.39, 0.29) is 11.9 Å². The maximum atomic E-state index is 11.2. The largest absolute Gasteiger partial charge is 0.466 e. The summed E-state index contributed by atoms with van der Waals surface area (Å²) in [6.45, 7) is 7.05. The molecule has 1 saturated carbocycles. The first-order valence-corrected chi connectivity index (χ1v) is 4.64. The van der Waals surface area contributed by atoms with Gasteiger partial charge >= 0.3 is 5.97 Å². The topological polar surface area (TPSA) is 35.5 Å². The van der Waals surface area contributed by atoms with Crippen LogP contribution in [0.2, 0.25) is 0 Å². The van der Waals surface area contributed by atoms with Crippen LogP contribution in [0.3, 0.4) is 0 Å². The van der Waals surface area contributed by atoms with Crippen LogP contribution in [0.5, 0.6) is 0 Å². The highest BCUT2D eigenvalue weighted by Crippen LogP contribution is 2.39. The monoisotopic (exact) mass is 184 g/mol. The van der Waals surface area contributed by atoms with E-state index in [0.29, 0.717) is 25.7 Å². The molecule has 0 spiro atoms. The summed E-state index contributed by atoms with van der Waals surface area (Å²) in [5.41, 5.74) is 0. The van der Waals surface area contributed by atoms with Crippen LogP contribution in [0.4, 0.5) is 0 Å². The van der Waals surface area contributed by atoms with E-state index < -0.39 is 0 Å². The smallest absolute Gasteiger partial charge is 0.309 e. The van der Waals surface area contributed by atoms with Crippen molar-refractivity contribution in [3.63, 3.8) is 0 Å². The summed E-state index contributed by atoms with van der Waals surface area (Å²) >= 11 is 0. The molecule has 0 aliphatic heterocycles. The standard InChI is InChI=1S/C10H16O3/c1-3-5-12-7-8-6-9(8)10(11)13-4-2/h3,8-9H,1,4-7H2,2H3/t8-,9+/m1/s1. The predicted molar refractivity (Wildman–Crippen MR) is 49.2 cm³/mol. The first kappa shape index (κ1) is 10.3. The normalized spacial score (nSPS) is 25.3. The van der Waals surface area contributed by atoms with Gasteiger partial charge in [0.2, 0.25) is 0 Å². The molecular formula is C10H16O3. The van der Waals surface area contributed by atoms with Gasteiger partial charge in [-0.05, 0) is 19.3 Å². The summed E-state index contributed by atoms with van der Waals surface area (Å²) in [7, 11) is 0. The van der Waals surface area contributed by atoms with Gasteiger partial charge in [0.25, 0.3) is 0 Å². The van der Waals surface area contributed by atoms with Crippen LogP contribution in [-0.2, 0) is 14.3 Å². The van der Waals surface area contributed by atoms with Crippen LogP contribution in [0.15, 0.2) is 12.7 Å². The van der Waals surface area contributed by atoms with E-state index in [4.69, 9.17) is 9.47 Å². The molecule has 3 nitrogen and oxygen atoms in total. The summed E-state index contributed by atoms with van der Waals surface area (Å²) in [6.07, 6.45) is 2.62. The van der Waals surface area contributed by atoms with Crippen molar-refractivity contribution in [3.05, 3.63) is 12.7 Å². The summed E-state index contributed by atoms with van der Waals surface area (Å²) < 4.78 is 10.1. The molecule has 2 atom stereocenters. The Morgan fingerprint density at radius 3 is 3.08 bits per heavy atom. The Balaban J connectivity index is 2.07. The highest BCUT2D eigenvalue weighted by atomic mass is 16.5. The molecule has 1 aliphatic carbocycles. The molecule has 0 heterocycles. The zero-order valence-electron chi connectivity index (χ0n) is 7.99. The maximum absolute atomic E-state index is 11.2. The highest BCUT2D eigenvalue weighted by Gasteiger charge is 2.44. The summed E-state index contributed by atoms with van der Waals surface area (Å²) in [5.74, 6) is 0.387. The van der Waals surface area contributed by atoms with Crippen molar-refractivity contribution in [2.24, 2.45) is 11.8 Å². The van der Waals surface area contributed by atoms with E-state index in [1.54, 1.807) is 6.08 Å². The van der Waals surface area contributed by atoms with E-state index in [0.717, 1.165) is 6.42 Å². The molecule has 0 unspecified atom stereocenters. The molecule has 0 radical (unpaired) electrons. The first-order valence-electron chi connectivity index (χ1n) is 4.64. The molecule has 3 heteroatoms. The Morgan fingerprint density at radius 1 is 1.69 bits per heavy atom. The molecule has 0 bridgehead atoms. The lowest BCUT2D eigenvalue weighted by Gasteiger charge is -2.00. The number of rotatable bonds is 6. The van der Waals surface area contributed by atoms with Crippen molar-refractivity contribution in [1.29, 1.82) is 0 Å². The predicted octanol–water partition coefficient (Wildman–Crippen LogP) is 1.39. The van der Waals surface area contributed by atoms with Gasteiger partial charge < -0.3 is 9.47 Å². The average Bonchev–Trinajstić information content (AvgIpc) is 2.85. The molecule has 13 heavy (non-hydrogen) atoms. The van der Waals surface area contributed by atoms with E-state index in [9.17, 15) is 4.79 Å². The average molecular weight is 184 g/mol. The van der Waals surface area contributed by atoms with Crippen LogP contribution in [-0.4, -0.2) is 25.8 Å². The SMILES string of the molecule is C=CCOC[C@H]1C[C@@H]1C(=O)OCC. The molecule has 0 aromatic rings.